The van der Waals surface area contributed by atoms with Crippen molar-refractivity contribution in [2.45, 2.75) is 26.8 Å². The highest BCUT2D eigenvalue weighted by Gasteiger charge is 2.20. The molecule has 1 aromatic heterocycles. The third-order valence-corrected chi connectivity index (χ3v) is 3.72. The average Bonchev–Trinajstić information content (AvgIpc) is 2.99. The lowest BCUT2D eigenvalue weighted by atomic mass is 10.1. The first kappa shape index (κ1) is 17.7. The maximum atomic E-state index is 12.4. The summed E-state index contributed by atoms with van der Waals surface area (Å²) in [6, 6.07) is 3.50. The molecule has 24 heavy (non-hydrogen) atoms. The predicted octanol–water partition coefficient (Wildman–Crippen LogP) is 2.50. The highest BCUT2D eigenvalue weighted by molar-refractivity contribution is 5.96. The Hall–Kier alpha value is -2.70. The molecule has 2 aromatic rings. The maximum absolute atomic E-state index is 12.4. The van der Waals surface area contributed by atoms with Gasteiger partial charge in [0.2, 0.25) is 0 Å². The fraction of sp³-hybridized carbons (Fsp3) is 0.412. The number of aryl methyl sites for hydroxylation is 2. The third kappa shape index (κ3) is 3.45. The number of benzene rings is 1. The molecule has 0 aliphatic heterocycles. The number of methoxy groups -OCH3 is 3. The Morgan fingerprint density at radius 3 is 2.33 bits per heavy atom. The van der Waals surface area contributed by atoms with E-state index in [0.29, 0.717) is 40.7 Å². The number of hydrogen-bond acceptors (Lipinski definition) is 6. The van der Waals surface area contributed by atoms with Crippen LogP contribution in [0.4, 0.5) is 0 Å². The molecule has 0 bridgehead atoms. The standard InChI is InChI=1S/C17H22N2O5/c1-6-12-16(10(2)24-19-12)17(20)18-9-11-7-14(22-4)15(23-5)8-13(11)21-3/h7-8H,6,9H2,1-5H3,(H,18,20). The van der Waals surface area contributed by atoms with Crippen molar-refractivity contribution in [3.63, 3.8) is 0 Å². The number of amides is 1. The molecule has 0 fully saturated rings. The molecule has 0 saturated heterocycles. The van der Waals surface area contributed by atoms with Crippen molar-refractivity contribution < 1.29 is 23.5 Å². The molecule has 1 amide bonds. The van der Waals surface area contributed by atoms with E-state index < -0.39 is 0 Å². The van der Waals surface area contributed by atoms with Crippen LogP contribution < -0.4 is 19.5 Å². The maximum Gasteiger partial charge on any atom is 0.257 e. The Kier molecular flexibility index (Phi) is 5.68. The molecule has 1 N–H and O–H groups in total. The zero-order valence-electron chi connectivity index (χ0n) is 14.6. The molecular weight excluding hydrogens is 312 g/mol. The van der Waals surface area contributed by atoms with Gasteiger partial charge in [0.15, 0.2) is 11.5 Å². The number of hydrogen-bond donors (Lipinski definition) is 1. The zero-order chi connectivity index (χ0) is 17.7. The van der Waals surface area contributed by atoms with Crippen molar-refractivity contribution in [1.29, 1.82) is 0 Å². The molecule has 0 radical (unpaired) electrons. The van der Waals surface area contributed by atoms with E-state index in [4.69, 9.17) is 18.7 Å². The second kappa shape index (κ2) is 7.72. The largest absolute Gasteiger partial charge is 0.496 e. The zero-order valence-corrected chi connectivity index (χ0v) is 14.6. The van der Waals surface area contributed by atoms with Gasteiger partial charge in [-0.3, -0.25) is 4.79 Å². The first-order chi connectivity index (χ1) is 11.5. The number of nitrogens with one attached hydrogen (secondary N) is 1. The highest BCUT2D eigenvalue weighted by Crippen LogP contribution is 2.34. The van der Waals surface area contributed by atoms with E-state index in [-0.39, 0.29) is 12.5 Å². The second-order valence-electron chi connectivity index (χ2n) is 5.12. The quantitative estimate of drug-likeness (QED) is 0.838. The van der Waals surface area contributed by atoms with Crippen molar-refractivity contribution in [2.75, 3.05) is 21.3 Å². The van der Waals surface area contributed by atoms with Crippen molar-refractivity contribution in [3.05, 3.63) is 34.7 Å². The first-order valence-corrected chi connectivity index (χ1v) is 7.57. The van der Waals surface area contributed by atoms with Gasteiger partial charge >= 0.3 is 0 Å². The van der Waals surface area contributed by atoms with Gasteiger partial charge < -0.3 is 24.1 Å². The minimum atomic E-state index is -0.234. The summed E-state index contributed by atoms with van der Waals surface area (Å²) in [7, 11) is 4.67. The van der Waals surface area contributed by atoms with Crippen molar-refractivity contribution in [2.24, 2.45) is 0 Å². The van der Waals surface area contributed by atoms with Gasteiger partial charge in [-0.1, -0.05) is 12.1 Å². The van der Waals surface area contributed by atoms with E-state index in [2.05, 4.69) is 10.5 Å². The van der Waals surface area contributed by atoms with Crippen LogP contribution in [0.5, 0.6) is 17.2 Å². The van der Waals surface area contributed by atoms with Crippen LogP contribution in [0.15, 0.2) is 16.7 Å². The van der Waals surface area contributed by atoms with Crippen LogP contribution in [-0.4, -0.2) is 32.4 Å². The minimum absolute atomic E-state index is 0.234. The summed E-state index contributed by atoms with van der Waals surface area (Å²) >= 11 is 0. The van der Waals surface area contributed by atoms with E-state index in [9.17, 15) is 4.79 Å². The fourth-order valence-electron chi connectivity index (χ4n) is 2.44. The Morgan fingerprint density at radius 1 is 1.12 bits per heavy atom. The molecule has 0 saturated carbocycles. The molecule has 1 heterocycles. The van der Waals surface area contributed by atoms with Gasteiger partial charge in [0, 0.05) is 18.2 Å². The molecular formula is C17H22N2O5. The Morgan fingerprint density at radius 2 is 1.75 bits per heavy atom. The van der Waals surface area contributed by atoms with Gasteiger partial charge in [-0.05, 0) is 19.4 Å². The van der Waals surface area contributed by atoms with Gasteiger partial charge in [-0.15, -0.1) is 0 Å². The van der Waals surface area contributed by atoms with Crippen LogP contribution in [0.2, 0.25) is 0 Å². The Balaban J connectivity index is 2.22. The molecule has 0 atom stereocenters. The van der Waals surface area contributed by atoms with Crippen LogP contribution in [-0.2, 0) is 13.0 Å². The molecule has 1 aromatic carbocycles. The van der Waals surface area contributed by atoms with E-state index in [1.54, 1.807) is 40.4 Å². The monoisotopic (exact) mass is 334 g/mol. The van der Waals surface area contributed by atoms with Crippen molar-refractivity contribution in [3.8, 4) is 17.2 Å². The number of aromatic nitrogens is 1. The summed E-state index contributed by atoms with van der Waals surface area (Å²) in [5, 5.41) is 6.76. The molecule has 7 heteroatoms. The summed E-state index contributed by atoms with van der Waals surface area (Å²) in [5.74, 6) is 2.00. The van der Waals surface area contributed by atoms with Crippen LogP contribution in [0.1, 0.15) is 34.3 Å². The molecule has 7 nitrogen and oxygen atoms in total. The number of carbonyl (C=O) groups excluding carboxylic acids is 1. The van der Waals surface area contributed by atoms with Gasteiger partial charge in [0.05, 0.1) is 27.0 Å². The molecule has 2 rings (SSSR count). The van der Waals surface area contributed by atoms with Crippen molar-refractivity contribution >= 4 is 5.91 Å². The van der Waals surface area contributed by atoms with E-state index in [1.807, 2.05) is 6.92 Å². The second-order valence-corrected chi connectivity index (χ2v) is 5.12. The molecule has 0 unspecified atom stereocenters. The van der Waals surface area contributed by atoms with E-state index in [0.717, 1.165) is 5.56 Å². The SMILES string of the molecule is CCc1noc(C)c1C(=O)NCc1cc(OC)c(OC)cc1OC. The van der Waals surface area contributed by atoms with E-state index in [1.165, 1.54) is 0 Å². The lowest BCUT2D eigenvalue weighted by Gasteiger charge is -2.14. The molecule has 0 aliphatic rings. The highest BCUT2D eigenvalue weighted by atomic mass is 16.5. The predicted molar refractivity (Wildman–Crippen MR) is 87.9 cm³/mol. The summed E-state index contributed by atoms with van der Waals surface area (Å²) in [6.07, 6.45) is 0.625. The van der Waals surface area contributed by atoms with Crippen molar-refractivity contribution in [1.82, 2.24) is 10.5 Å². The lowest BCUT2D eigenvalue weighted by molar-refractivity contribution is 0.0948. The smallest absolute Gasteiger partial charge is 0.257 e. The van der Waals surface area contributed by atoms with Crippen LogP contribution in [0, 0.1) is 6.92 Å². The van der Waals surface area contributed by atoms with Gasteiger partial charge in [0.25, 0.3) is 5.91 Å². The fourth-order valence-corrected chi connectivity index (χ4v) is 2.44. The summed E-state index contributed by atoms with van der Waals surface area (Å²) in [6.45, 7) is 3.92. The topological polar surface area (TPSA) is 82.8 Å². The number of nitrogens with zero attached hydrogens (tertiary/aromatic N) is 1. The van der Waals surface area contributed by atoms with Gasteiger partial charge in [-0.25, -0.2) is 0 Å². The summed E-state index contributed by atoms with van der Waals surface area (Å²) in [5.41, 5.74) is 1.90. The summed E-state index contributed by atoms with van der Waals surface area (Å²) < 4.78 is 21.0. The van der Waals surface area contributed by atoms with Gasteiger partial charge in [0.1, 0.15) is 17.1 Å². The minimum Gasteiger partial charge on any atom is -0.496 e. The normalized spacial score (nSPS) is 10.4. The number of rotatable bonds is 7. The Bertz CT molecular complexity index is 724. The van der Waals surface area contributed by atoms with Crippen LogP contribution in [0.25, 0.3) is 0 Å². The average molecular weight is 334 g/mol. The first-order valence-electron chi connectivity index (χ1n) is 7.57. The number of carbonyl (C=O) groups is 1. The Labute approximate surface area is 140 Å². The molecule has 0 spiro atoms. The lowest BCUT2D eigenvalue weighted by Crippen LogP contribution is -2.24. The third-order valence-electron chi connectivity index (χ3n) is 3.72. The van der Waals surface area contributed by atoms with Crippen LogP contribution in [0.3, 0.4) is 0 Å². The molecule has 130 valence electrons. The summed E-state index contributed by atoms with van der Waals surface area (Å²) in [4.78, 5) is 12.4. The van der Waals surface area contributed by atoms with Crippen LogP contribution >= 0.6 is 0 Å². The van der Waals surface area contributed by atoms with Gasteiger partial charge in [-0.2, -0.15) is 0 Å². The number of ether oxygens (including phenoxy) is 3. The van der Waals surface area contributed by atoms with E-state index >= 15 is 0 Å². The molecule has 0 aliphatic carbocycles.